The van der Waals surface area contributed by atoms with Crippen LogP contribution >= 0.6 is 0 Å². The molecular weight excluding hydrogens is 254 g/mol. The summed E-state index contributed by atoms with van der Waals surface area (Å²) in [5, 5.41) is 7.44. The van der Waals surface area contributed by atoms with Gasteiger partial charge in [-0.2, -0.15) is 5.10 Å². The Bertz CT molecular complexity index is 731. The van der Waals surface area contributed by atoms with Crippen molar-refractivity contribution in [1.82, 2.24) is 15.1 Å². The van der Waals surface area contributed by atoms with Gasteiger partial charge in [-0.05, 0) is 18.9 Å². The van der Waals surface area contributed by atoms with E-state index in [0.29, 0.717) is 23.0 Å². The Morgan fingerprint density at radius 2 is 2.10 bits per heavy atom. The van der Waals surface area contributed by atoms with Crippen molar-refractivity contribution in [3.05, 3.63) is 53.0 Å². The highest BCUT2D eigenvalue weighted by Crippen LogP contribution is 2.28. The summed E-state index contributed by atoms with van der Waals surface area (Å²) in [5.41, 5.74) is 0.0211. The van der Waals surface area contributed by atoms with Crippen molar-refractivity contribution in [2.24, 2.45) is 0 Å². The molecule has 0 saturated heterocycles. The Hall–Kier alpha value is -2.43. The zero-order valence-corrected chi connectivity index (χ0v) is 11.0. The molecule has 0 unspecified atom stereocenters. The third kappa shape index (κ3) is 2.11. The number of amides is 1. The van der Waals surface area contributed by atoms with Crippen molar-refractivity contribution >= 4 is 16.7 Å². The molecule has 1 saturated carbocycles. The maximum Gasteiger partial charge on any atom is 0.275 e. The van der Waals surface area contributed by atoms with E-state index < -0.39 is 0 Å². The lowest BCUT2D eigenvalue weighted by molar-refractivity contribution is 0.0758. The molecule has 5 heteroatoms. The van der Waals surface area contributed by atoms with E-state index in [9.17, 15) is 9.59 Å². The number of hydrogen-bond donors (Lipinski definition) is 1. The van der Waals surface area contributed by atoms with E-state index in [4.69, 9.17) is 0 Å². The van der Waals surface area contributed by atoms with Crippen molar-refractivity contribution in [2.45, 2.75) is 18.9 Å². The SMILES string of the molecule is C=CCN(C(=O)c1n[nH]c(=O)c2ccccc12)C1CC1. The monoisotopic (exact) mass is 269 g/mol. The minimum atomic E-state index is -0.279. The maximum absolute atomic E-state index is 12.6. The molecular formula is C15H15N3O2. The molecule has 5 nitrogen and oxygen atoms in total. The van der Waals surface area contributed by atoms with Crippen LogP contribution in [0.15, 0.2) is 41.7 Å². The Balaban J connectivity index is 2.09. The second-order valence-corrected chi connectivity index (χ2v) is 4.92. The molecule has 0 spiro atoms. The Morgan fingerprint density at radius 3 is 2.75 bits per heavy atom. The van der Waals surface area contributed by atoms with Gasteiger partial charge in [0.15, 0.2) is 5.69 Å². The van der Waals surface area contributed by atoms with E-state index in [1.165, 1.54) is 0 Å². The number of carbonyl (C=O) groups is 1. The van der Waals surface area contributed by atoms with Gasteiger partial charge in [0.25, 0.3) is 11.5 Å². The first-order chi connectivity index (χ1) is 9.72. The van der Waals surface area contributed by atoms with Crippen LogP contribution in [-0.4, -0.2) is 33.6 Å². The number of hydrogen-bond acceptors (Lipinski definition) is 3. The summed E-state index contributed by atoms with van der Waals surface area (Å²) in [5.74, 6) is -0.153. The topological polar surface area (TPSA) is 66.1 Å². The Kier molecular flexibility index (Phi) is 3.10. The molecule has 1 amide bonds. The van der Waals surface area contributed by atoms with Gasteiger partial charge in [0.05, 0.1) is 5.39 Å². The predicted molar refractivity (Wildman–Crippen MR) is 76.6 cm³/mol. The summed E-state index contributed by atoms with van der Waals surface area (Å²) in [7, 11) is 0. The Labute approximate surface area is 115 Å². The zero-order valence-electron chi connectivity index (χ0n) is 11.0. The van der Waals surface area contributed by atoms with E-state index in [-0.39, 0.29) is 17.5 Å². The van der Waals surface area contributed by atoms with Crippen molar-refractivity contribution in [2.75, 3.05) is 6.54 Å². The second kappa shape index (κ2) is 4.92. The van der Waals surface area contributed by atoms with Gasteiger partial charge in [-0.25, -0.2) is 5.10 Å². The van der Waals surface area contributed by atoms with Crippen LogP contribution in [0.1, 0.15) is 23.3 Å². The van der Waals surface area contributed by atoms with E-state index in [2.05, 4.69) is 16.8 Å². The van der Waals surface area contributed by atoms with Gasteiger partial charge in [-0.15, -0.1) is 6.58 Å². The van der Waals surface area contributed by atoms with Crippen LogP contribution in [0.2, 0.25) is 0 Å². The van der Waals surface area contributed by atoms with Gasteiger partial charge in [0, 0.05) is 18.0 Å². The van der Waals surface area contributed by atoms with Crippen LogP contribution in [0.4, 0.5) is 0 Å². The van der Waals surface area contributed by atoms with Crippen LogP contribution in [0.25, 0.3) is 10.8 Å². The number of rotatable bonds is 4. The molecule has 0 aliphatic heterocycles. The van der Waals surface area contributed by atoms with Gasteiger partial charge in [0.1, 0.15) is 0 Å². The maximum atomic E-state index is 12.6. The van der Waals surface area contributed by atoms with E-state index in [0.717, 1.165) is 12.8 Å². The molecule has 1 aliphatic carbocycles. The molecule has 1 fully saturated rings. The van der Waals surface area contributed by atoms with Gasteiger partial charge in [0.2, 0.25) is 0 Å². The molecule has 0 atom stereocenters. The second-order valence-electron chi connectivity index (χ2n) is 4.92. The van der Waals surface area contributed by atoms with Crippen molar-refractivity contribution in [1.29, 1.82) is 0 Å². The number of nitrogens with zero attached hydrogens (tertiary/aromatic N) is 2. The standard InChI is InChI=1S/C15H15N3O2/c1-2-9-18(10-7-8-10)15(20)13-11-5-3-4-6-12(11)14(19)17-16-13/h2-6,10H,1,7-9H2,(H,17,19). The lowest BCUT2D eigenvalue weighted by Gasteiger charge is -2.20. The average Bonchev–Trinajstić information content (AvgIpc) is 3.29. The molecule has 20 heavy (non-hydrogen) atoms. The summed E-state index contributed by atoms with van der Waals surface area (Å²) in [4.78, 5) is 26.1. The number of carbonyl (C=O) groups excluding carboxylic acids is 1. The first-order valence-corrected chi connectivity index (χ1v) is 6.61. The van der Waals surface area contributed by atoms with Gasteiger partial charge >= 0.3 is 0 Å². The van der Waals surface area contributed by atoms with Crippen molar-refractivity contribution in [3.63, 3.8) is 0 Å². The molecule has 1 heterocycles. The number of fused-ring (bicyclic) bond motifs is 1. The minimum Gasteiger partial charge on any atom is -0.331 e. The van der Waals surface area contributed by atoms with Gasteiger partial charge in [-0.3, -0.25) is 9.59 Å². The van der Waals surface area contributed by atoms with Crippen LogP contribution in [0.5, 0.6) is 0 Å². The highest BCUT2D eigenvalue weighted by atomic mass is 16.2. The fourth-order valence-electron chi connectivity index (χ4n) is 2.34. The van der Waals surface area contributed by atoms with Gasteiger partial charge < -0.3 is 4.90 Å². The summed E-state index contributed by atoms with van der Waals surface area (Å²) >= 11 is 0. The van der Waals surface area contributed by atoms with E-state index in [1.54, 1.807) is 35.2 Å². The fraction of sp³-hybridized carbons (Fsp3) is 0.267. The molecule has 1 aromatic heterocycles. The Morgan fingerprint density at radius 1 is 1.40 bits per heavy atom. The van der Waals surface area contributed by atoms with E-state index in [1.807, 2.05) is 0 Å². The lowest BCUT2D eigenvalue weighted by atomic mass is 10.1. The highest BCUT2D eigenvalue weighted by Gasteiger charge is 2.33. The minimum absolute atomic E-state index is 0.153. The lowest BCUT2D eigenvalue weighted by Crippen LogP contribution is -2.34. The number of aromatic nitrogens is 2. The third-order valence-electron chi connectivity index (χ3n) is 3.47. The molecule has 1 aliphatic rings. The molecule has 2 aromatic rings. The molecule has 102 valence electrons. The molecule has 0 radical (unpaired) electrons. The van der Waals surface area contributed by atoms with Crippen molar-refractivity contribution in [3.8, 4) is 0 Å². The summed E-state index contributed by atoms with van der Waals surface area (Å²) in [6.07, 6.45) is 3.74. The highest BCUT2D eigenvalue weighted by molar-refractivity contribution is 6.04. The largest absolute Gasteiger partial charge is 0.331 e. The summed E-state index contributed by atoms with van der Waals surface area (Å²) in [6.45, 7) is 4.19. The van der Waals surface area contributed by atoms with E-state index >= 15 is 0 Å². The molecule has 0 bridgehead atoms. The number of H-pyrrole nitrogens is 1. The van der Waals surface area contributed by atoms with Crippen LogP contribution in [0.3, 0.4) is 0 Å². The quantitative estimate of drug-likeness (QED) is 0.859. The summed E-state index contributed by atoms with van der Waals surface area (Å²) < 4.78 is 0. The van der Waals surface area contributed by atoms with Crippen LogP contribution in [-0.2, 0) is 0 Å². The molecule has 3 rings (SSSR count). The van der Waals surface area contributed by atoms with Crippen LogP contribution in [0, 0.1) is 0 Å². The predicted octanol–water partition coefficient (Wildman–Crippen LogP) is 1.71. The number of aromatic amines is 1. The number of nitrogens with one attached hydrogen (secondary N) is 1. The molecule has 1 aromatic carbocycles. The number of benzene rings is 1. The van der Waals surface area contributed by atoms with Crippen molar-refractivity contribution < 1.29 is 4.79 Å². The fourth-order valence-corrected chi connectivity index (χ4v) is 2.34. The van der Waals surface area contributed by atoms with Crippen LogP contribution < -0.4 is 5.56 Å². The smallest absolute Gasteiger partial charge is 0.275 e. The normalized spacial score (nSPS) is 14.2. The molecule has 1 N–H and O–H groups in total. The van der Waals surface area contributed by atoms with Gasteiger partial charge in [-0.1, -0.05) is 24.3 Å². The zero-order chi connectivity index (χ0) is 14.1. The first-order valence-electron chi connectivity index (χ1n) is 6.61. The summed E-state index contributed by atoms with van der Waals surface area (Å²) in [6, 6.07) is 7.29. The average molecular weight is 269 g/mol. The third-order valence-corrected chi connectivity index (χ3v) is 3.47. The first kappa shape index (κ1) is 12.6.